The van der Waals surface area contributed by atoms with Crippen LogP contribution in [-0.4, -0.2) is 18.8 Å². The summed E-state index contributed by atoms with van der Waals surface area (Å²) in [5.74, 6) is 0.346. The molecule has 0 aliphatic carbocycles. The maximum atomic E-state index is 13.2. The average Bonchev–Trinajstić information content (AvgIpc) is 2.34. The van der Waals surface area contributed by atoms with E-state index in [1.165, 1.54) is 6.07 Å². The van der Waals surface area contributed by atoms with Crippen molar-refractivity contribution in [1.82, 2.24) is 0 Å². The normalized spacial score (nSPS) is 24.3. The lowest BCUT2D eigenvalue weighted by atomic mass is 9.95. The van der Waals surface area contributed by atoms with Crippen LogP contribution in [0.4, 0.5) is 10.1 Å². The highest BCUT2D eigenvalue weighted by molar-refractivity contribution is 5.51. The lowest BCUT2D eigenvalue weighted by Crippen LogP contribution is -2.36. The fourth-order valence-electron chi connectivity index (χ4n) is 2.39. The molecule has 1 N–H and O–H groups in total. The largest absolute Gasteiger partial charge is 0.382 e. The maximum Gasteiger partial charge on any atom is 0.125 e. The summed E-state index contributed by atoms with van der Waals surface area (Å²) in [5, 5.41) is 3.45. The third kappa shape index (κ3) is 3.22. The van der Waals surface area contributed by atoms with Crippen molar-refractivity contribution in [2.75, 3.05) is 11.9 Å². The predicted octanol–water partition coefficient (Wildman–Crippen LogP) is 3.75. The number of hydrogen-bond donors (Lipinski definition) is 1. The summed E-state index contributed by atoms with van der Waals surface area (Å²) in [6, 6.07) is 5.28. The quantitative estimate of drug-likeness (QED) is 0.883. The second-order valence-corrected chi connectivity index (χ2v) is 5.48. The van der Waals surface area contributed by atoms with Gasteiger partial charge in [-0.1, -0.05) is 19.9 Å². The summed E-state index contributed by atoms with van der Waals surface area (Å²) in [7, 11) is 0. The number of benzene rings is 1. The molecule has 1 fully saturated rings. The van der Waals surface area contributed by atoms with E-state index in [0.29, 0.717) is 18.1 Å². The molecule has 2 atom stereocenters. The van der Waals surface area contributed by atoms with Crippen LogP contribution in [0.15, 0.2) is 18.2 Å². The van der Waals surface area contributed by atoms with Crippen molar-refractivity contribution in [2.45, 2.75) is 45.8 Å². The van der Waals surface area contributed by atoms with Crippen molar-refractivity contribution < 1.29 is 9.13 Å². The molecule has 100 valence electrons. The van der Waals surface area contributed by atoms with Gasteiger partial charge < -0.3 is 10.1 Å². The van der Waals surface area contributed by atoms with Crippen LogP contribution >= 0.6 is 0 Å². The number of hydrogen-bond acceptors (Lipinski definition) is 2. The molecule has 0 aromatic heterocycles. The van der Waals surface area contributed by atoms with Crippen LogP contribution in [0.3, 0.4) is 0 Å². The molecular weight excluding hydrogens is 229 g/mol. The minimum Gasteiger partial charge on any atom is -0.382 e. The van der Waals surface area contributed by atoms with Gasteiger partial charge >= 0.3 is 0 Å². The smallest absolute Gasteiger partial charge is 0.125 e. The molecule has 0 saturated carbocycles. The topological polar surface area (TPSA) is 21.3 Å². The number of halogens is 1. The lowest BCUT2D eigenvalue weighted by molar-refractivity contribution is -0.0160. The van der Waals surface area contributed by atoms with Crippen molar-refractivity contribution >= 4 is 5.69 Å². The average molecular weight is 251 g/mol. The standard InChI is InChI=1S/C15H22FNO/c1-10(2)15-9-13(6-7-18-15)17-14-8-12(16)5-4-11(14)3/h4-5,8,10,13,15,17H,6-7,9H2,1-3H3. The maximum absolute atomic E-state index is 13.2. The van der Waals surface area contributed by atoms with E-state index in [1.54, 1.807) is 6.07 Å². The van der Waals surface area contributed by atoms with Gasteiger partial charge in [0.1, 0.15) is 5.82 Å². The van der Waals surface area contributed by atoms with E-state index in [4.69, 9.17) is 4.74 Å². The minimum absolute atomic E-state index is 0.185. The Kier molecular flexibility index (Phi) is 4.23. The Labute approximate surface area is 109 Å². The highest BCUT2D eigenvalue weighted by Gasteiger charge is 2.25. The van der Waals surface area contributed by atoms with Crippen molar-refractivity contribution in [3.05, 3.63) is 29.6 Å². The van der Waals surface area contributed by atoms with Gasteiger partial charge in [0.2, 0.25) is 0 Å². The zero-order valence-electron chi connectivity index (χ0n) is 11.4. The zero-order valence-corrected chi connectivity index (χ0v) is 11.4. The Morgan fingerprint density at radius 2 is 2.17 bits per heavy atom. The van der Waals surface area contributed by atoms with Gasteiger partial charge in [-0.25, -0.2) is 4.39 Å². The molecule has 2 rings (SSSR count). The molecule has 0 radical (unpaired) electrons. The highest BCUT2D eigenvalue weighted by atomic mass is 19.1. The van der Waals surface area contributed by atoms with Crippen LogP contribution in [0.5, 0.6) is 0 Å². The van der Waals surface area contributed by atoms with E-state index < -0.39 is 0 Å². The number of ether oxygens (including phenoxy) is 1. The van der Waals surface area contributed by atoms with Gasteiger partial charge in [0.25, 0.3) is 0 Å². The van der Waals surface area contributed by atoms with Crippen LogP contribution in [0.25, 0.3) is 0 Å². The zero-order chi connectivity index (χ0) is 13.1. The molecule has 2 unspecified atom stereocenters. The van der Waals surface area contributed by atoms with E-state index in [-0.39, 0.29) is 5.82 Å². The van der Waals surface area contributed by atoms with Gasteiger partial charge in [-0.3, -0.25) is 0 Å². The van der Waals surface area contributed by atoms with E-state index in [2.05, 4.69) is 19.2 Å². The Morgan fingerprint density at radius 3 is 2.89 bits per heavy atom. The molecular formula is C15H22FNO. The number of aryl methyl sites for hydroxylation is 1. The molecule has 0 amide bonds. The summed E-state index contributed by atoms with van der Waals surface area (Å²) >= 11 is 0. The van der Waals surface area contributed by atoms with Crippen LogP contribution in [0.2, 0.25) is 0 Å². The molecule has 1 saturated heterocycles. The first-order valence-corrected chi connectivity index (χ1v) is 6.70. The third-order valence-corrected chi connectivity index (χ3v) is 3.62. The third-order valence-electron chi connectivity index (χ3n) is 3.62. The van der Waals surface area contributed by atoms with Crippen LogP contribution in [0.1, 0.15) is 32.3 Å². The molecule has 3 heteroatoms. The van der Waals surface area contributed by atoms with E-state index in [0.717, 1.165) is 30.7 Å². The van der Waals surface area contributed by atoms with Crippen molar-refractivity contribution in [3.8, 4) is 0 Å². The second-order valence-electron chi connectivity index (χ2n) is 5.48. The molecule has 1 aromatic carbocycles. The molecule has 1 heterocycles. The Morgan fingerprint density at radius 1 is 1.39 bits per heavy atom. The van der Waals surface area contributed by atoms with Gasteiger partial charge in [-0.2, -0.15) is 0 Å². The van der Waals surface area contributed by atoms with Crippen LogP contribution < -0.4 is 5.32 Å². The van der Waals surface area contributed by atoms with Crippen LogP contribution in [-0.2, 0) is 4.74 Å². The van der Waals surface area contributed by atoms with E-state index in [1.807, 2.05) is 13.0 Å². The summed E-state index contributed by atoms with van der Waals surface area (Å²) in [4.78, 5) is 0. The van der Waals surface area contributed by atoms with Crippen LogP contribution in [0, 0.1) is 18.7 Å². The van der Waals surface area contributed by atoms with Crippen molar-refractivity contribution in [3.63, 3.8) is 0 Å². The molecule has 1 aliphatic rings. The summed E-state index contributed by atoms with van der Waals surface area (Å²) < 4.78 is 19.0. The first kappa shape index (κ1) is 13.3. The predicted molar refractivity (Wildman–Crippen MR) is 72.4 cm³/mol. The summed E-state index contributed by atoms with van der Waals surface area (Å²) in [6.45, 7) is 7.15. The van der Waals surface area contributed by atoms with E-state index in [9.17, 15) is 4.39 Å². The van der Waals surface area contributed by atoms with Gasteiger partial charge in [-0.05, 0) is 43.4 Å². The van der Waals surface area contributed by atoms with Crippen molar-refractivity contribution in [2.24, 2.45) is 5.92 Å². The monoisotopic (exact) mass is 251 g/mol. The first-order chi connectivity index (χ1) is 8.56. The highest BCUT2D eigenvalue weighted by Crippen LogP contribution is 2.25. The van der Waals surface area contributed by atoms with Gasteiger partial charge in [0, 0.05) is 18.3 Å². The summed E-state index contributed by atoms with van der Waals surface area (Å²) in [6.07, 6.45) is 2.29. The minimum atomic E-state index is -0.185. The molecule has 0 bridgehead atoms. The molecule has 1 aliphatic heterocycles. The number of anilines is 1. The molecule has 1 aromatic rings. The Bertz CT molecular complexity index is 405. The Balaban J connectivity index is 2.02. The Hall–Kier alpha value is -1.09. The first-order valence-electron chi connectivity index (χ1n) is 6.70. The molecule has 0 spiro atoms. The summed E-state index contributed by atoms with van der Waals surface area (Å²) in [5.41, 5.74) is 1.99. The van der Waals surface area contributed by atoms with Crippen molar-refractivity contribution in [1.29, 1.82) is 0 Å². The fourth-order valence-corrected chi connectivity index (χ4v) is 2.39. The number of rotatable bonds is 3. The van der Waals surface area contributed by atoms with Gasteiger partial charge in [0.15, 0.2) is 0 Å². The number of nitrogens with one attached hydrogen (secondary N) is 1. The fraction of sp³-hybridized carbons (Fsp3) is 0.600. The molecule has 18 heavy (non-hydrogen) atoms. The van der Waals surface area contributed by atoms with Gasteiger partial charge in [0.05, 0.1) is 6.10 Å². The van der Waals surface area contributed by atoms with E-state index >= 15 is 0 Å². The molecule has 2 nitrogen and oxygen atoms in total. The van der Waals surface area contributed by atoms with Gasteiger partial charge in [-0.15, -0.1) is 0 Å². The SMILES string of the molecule is Cc1ccc(F)cc1NC1CCOC(C(C)C)C1. The lowest BCUT2D eigenvalue weighted by Gasteiger charge is -2.33. The second kappa shape index (κ2) is 5.70.